The average Bonchev–Trinajstić information content (AvgIpc) is 2.36. The molecular formula is C5H7N5. The first kappa shape index (κ1) is 5.28. The zero-order valence-electron chi connectivity index (χ0n) is 5.26. The Bertz CT molecular complexity index is 348. The van der Waals surface area contributed by atoms with Gasteiger partial charge in [0.15, 0.2) is 5.49 Å². The minimum atomic E-state index is 0.529. The molecule has 0 fully saturated rings. The topological polar surface area (TPSA) is 79.1 Å². The minimum Gasteiger partial charge on any atom is -0.384 e. The molecule has 1 aliphatic rings. The van der Waals surface area contributed by atoms with Gasteiger partial charge in [-0.25, -0.2) is 9.98 Å². The van der Waals surface area contributed by atoms with Gasteiger partial charge in [0.25, 0.3) is 0 Å². The molecule has 0 spiro atoms. The molecule has 5 heteroatoms. The number of rotatable bonds is 0. The summed E-state index contributed by atoms with van der Waals surface area (Å²) in [7, 11) is 0. The van der Waals surface area contributed by atoms with Gasteiger partial charge in [0.2, 0.25) is 0 Å². The first-order chi connectivity index (χ1) is 4.88. The van der Waals surface area contributed by atoms with Gasteiger partial charge in [-0.3, -0.25) is 0 Å². The van der Waals surface area contributed by atoms with Gasteiger partial charge in [-0.15, -0.1) is 0 Å². The highest BCUT2D eigenvalue weighted by molar-refractivity contribution is 5.34. The van der Waals surface area contributed by atoms with E-state index in [1.165, 1.54) is 0 Å². The lowest BCUT2D eigenvalue weighted by molar-refractivity contribution is 0.813. The van der Waals surface area contributed by atoms with Crippen molar-refractivity contribution in [2.45, 2.75) is 0 Å². The summed E-state index contributed by atoms with van der Waals surface area (Å²) in [5, 5.41) is 3.58. The van der Waals surface area contributed by atoms with Crippen molar-refractivity contribution in [3.05, 3.63) is 17.2 Å². The first-order valence-electron chi connectivity index (χ1n) is 2.95. The van der Waals surface area contributed by atoms with Gasteiger partial charge in [-0.1, -0.05) is 0 Å². The summed E-state index contributed by atoms with van der Waals surface area (Å²) in [6.45, 7) is 0.529. The van der Waals surface area contributed by atoms with Crippen LogP contribution in [0.4, 0.5) is 0 Å². The summed E-state index contributed by atoms with van der Waals surface area (Å²) in [4.78, 5) is 10.9. The Labute approximate surface area is 56.7 Å². The fourth-order valence-electron chi connectivity index (χ4n) is 0.893. The lowest BCUT2D eigenvalue weighted by atomic mass is 10.5. The number of aromatic amines is 1. The van der Waals surface area contributed by atoms with E-state index in [4.69, 9.17) is 5.73 Å². The second kappa shape index (κ2) is 1.73. The molecule has 0 saturated heterocycles. The number of aromatic nitrogens is 2. The number of nitrogens with zero attached hydrogens (tertiary/aromatic N) is 2. The fourth-order valence-corrected chi connectivity index (χ4v) is 0.893. The monoisotopic (exact) mass is 137 g/mol. The van der Waals surface area contributed by atoms with Gasteiger partial charge in [0.1, 0.15) is 17.8 Å². The molecule has 0 atom stereocenters. The molecule has 2 rings (SSSR count). The maximum absolute atomic E-state index is 5.55. The van der Waals surface area contributed by atoms with Crippen LogP contribution in [0.2, 0.25) is 0 Å². The minimum absolute atomic E-state index is 0.529. The van der Waals surface area contributed by atoms with Crippen molar-refractivity contribution in [3.8, 4) is 0 Å². The molecule has 1 aromatic heterocycles. The van der Waals surface area contributed by atoms with Crippen LogP contribution in [0.25, 0.3) is 5.82 Å². The third kappa shape index (κ3) is 0.570. The van der Waals surface area contributed by atoms with Gasteiger partial charge < -0.3 is 16.0 Å². The normalized spacial score (nSPS) is 15.4. The molecule has 4 N–H and O–H groups in total. The molecule has 0 aliphatic carbocycles. The lowest BCUT2D eigenvalue weighted by Gasteiger charge is -2.03. The number of hydrogen-bond donors (Lipinski definition) is 3. The van der Waals surface area contributed by atoms with Crippen LogP contribution in [0.3, 0.4) is 0 Å². The van der Waals surface area contributed by atoms with E-state index in [1.807, 2.05) is 0 Å². The van der Waals surface area contributed by atoms with E-state index in [0.29, 0.717) is 17.8 Å². The average molecular weight is 137 g/mol. The SMILES string of the molecule is NC1=c2nc[nH]c2=NCN1. The van der Waals surface area contributed by atoms with Crippen molar-refractivity contribution in [3.63, 3.8) is 0 Å². The van der Waals surface area contributed by atoms with Crippen LogP contribution in [0.15, 0.2) is 11.3 Å². The quantitative estimate of drug-likeness (QED) is 0.373. The molecule has 1 aliphatic heterocycles. The number of H-pyrrole nitrogens is 1. The van der Waals surface area contributed by atoms with E-state index >= 15 is 0 Å². The van der Waals surface area contributed by atoms with E-state index < -0.39 is 0 Å². The van der Waals surface area contributed by atoms with Crippen LogP contribution in [0.1, 0.15) is 0 Å². The third-order valence-corrected chi connectivity index (χ3v) is 1.38. The lowest BCUT2D eigenvalue weighted by Crippen LogP contribution is -2.41. The molecule has 0 radical (unpaired) electrons. The first-order valence-corrected chi connectivity index (χ1v) is 2.95. The zero-order valence-corrected chi connectivity index (χ0v) is 5.26. The molecule has 0 amide bonds. The summed E-state index contributed by atoms with van der Waals surface area (Å²) in [5.74, 6) is 0.589. The van der Waals surface area contributed by atoms with Crippen molar-refractivity contribution in [1.29, 1.82) is 0 Å². The number of hydrogen-bond acceptors (Lipinski definition) is 4. The number of nitrogens with one attached hydrogen (secondary N) is 2. The molecular weight excluding hydrogens is 130 g/mol. The van der Waals surface area contributed by atoms with E-state index in [2.05, 4.69) is 20.3 Å². The summed E-state index contributed by atoms with van der Waals surface area (Å²) in [5.41, 5.74) is 6.31. The van der Waals surface area contributed by atoms with E-state index in [0.717, 1.165) is 5.49 Å². The summed E-state index contributed by atoms with van der Waals surface area (Å²) in [6.07, 6.45) is 1.58. The Hall–Kier alpha value is -1.52. The van der Waals surface area contributed by atoms with Crippen LogP contribution in [0, 0.1) is 0 Å². The molecule has 0 saturated carbocycles. The van der Waals surface area contributed by atoms with Gasteiger partial charge in [-0.2, -0.15) is 0 Å². The van der Waals surface area contributed by atoms with E-state index in [-0.39, 0.29) is 0 Å². The molecule has 52 valence electrons. The van der Waals surface area contributed by atoms with Gasteiger partial charge in [0.05, 0.1) is 6.33 Å². The second-order valence-electron chi connectivity index (χ2n) is 2.01. The molecule has 1 aromatic rings. The van der Waals surface area contributed by atoms with Gasteiger partial charge in [-0.05, 0) is 0 Å². The summed E-state index contributed by atoms with van der Waals surface area (Å²) in [6, 6.07) is 0. The van der Waals surface area contributed by atoms with Gasteiger partial charge in [0, 0.05) is 0 Å². The van der Waals surface area contributed by atoms with Crippen molar-refractivity contribution in [2.24, 2.45) is 10.7 Å². The Kier molecular flexibility index (Phi) is 0.913. The van der Waals surface area contributed by atoms with Crippen LogP contribution < -0.4 is 21.9 Å². The second-order valence-corrected chi connectivity index (χ2v) is 2.01. The van der Waals surface area contributed by atoms with Crippen LogP contribution >= 0.6 is 0 Å². The van der Waals surface area contributed by atoms with Crippen molar-refractivity contribution >= 4 is 5.82 Å². The summed E-state index contributed by atoms with van der Waals surface area (Å²) >= 11 is 0. The molecule has 5 nitrogen and oxygen atoms in total. The van der Waals surface area contributed by atoms with Crippen LogP contribution in [-0.4, -0.2) is 16.6 Å². The highest BCUT2D eigenvalue weighted by atomic mass is 15.1. The van der Waals surface area contributed by atoms with E-state index in [1.54, 1.807) is 6.33 Å². The predicted molar refractivity (Wildman–Crippen MR) is 35.0 cm³/mol. The van der Waals surface area contributed by atoms with Crippen LogP contribution in [-0.2, 0) is 0 Å². The maximum atomic E-state index is 5.55. The van der Waals surface area contributed by atoms with Crippen LogP contribution in [0.5, 0.6) is 0 Å². The standard InChI is InChI=1S/C5H7N5/c6-4-3-5(9-1-7-3)10-2-8-4/h1,8H,2,6H2,(H,7,9,10). The molecule has 0 unspecified atom stereocenters. The molecule has 2 heterocycles. The predicted octanol–water partition coefficient (Wildman–Crippen LogP) is -2.39. The van der Waals surface area contributed by atoms with E-state index in [9.17, 15) is 0 Å². The Morgan fingerprint density at radius 3 is 3.30 bits per heavy atom. The Morgan fingerprint density at radius 2 is 2.50 bits per heavy atom. The molecule has 0 aromatic carbocycles. The maximum Gasteiger partial charge on any atom is 0.158 e. The highest BCUT2D eigenvalue weighted by Crippen LogP contribution is 1.73. The van der Waals surface area contributed by atoms with Crippen molar-refractivity contribution in [1.82, 2.24) is 15.3 Å². The van der Waals surface area contributed by atoms with Gasteiger partial charge >= 0.3 is 0 Å². The smallest absolute Gasteiger partial charge is 0.158 e. The third-order valence-electron chi connectivity index (χ3n) is 1.38. The number of nitrogens with two attached hydrogens (primary N) is 1. The molecule has 10 heavy (non-hydrogen) atoms. The highest BCUT2D eigenvalue weighted by Gasteiger charge is 2.00. The Balaban J connectivity index is 2.91. The zero-order chi connectivity index (χ0) is 6.97. The Morgan fingerprint density at radius 1 is 1.60 bits per heavy atom. The largest absolute Gasteiger partial charge is 0.384 e. The summed E-state index contributed by atoms with van der Waals surface area (Å²) < 4.78 is 0. The van der Waals surface area contributed by atoms with Crippen molar-refractivity contribution in [2.75, 3.05) is 6.67 Å². The fraction of sp³-hybridized carbons (Fsp3) is 0.200. The number of imidazole rings is 1. The number of fused-ring (bicyclic) bond motifs is 1. The van der Waals surface area contributed by atoms with Crippen molar-refractivity contribution < 1.29 is 0 Å². The molecule has 0 bridgehead atoms.